The first-order chi connectivity index (χ1) is 11.5. The zero-order valence-corrected chi connectivity index (χ0v) is 14.0. The van der Waals surface area contributed by atoms with Crippen LogP contribution in [0.25, 0.3) is 0 Å². The van der Waals surface area contributed by atoms with Crippen LogP contribution in [0.2, 0.25) is 5.02 Å². The van der Waals surface area contributed by atoms with Gasteiger partial charge in [0.25, 0.3) is 11.6 Å². The van der Waals surface area contributed by atoms with Gasteiger partial charge in [-0.25, -0.2) is 0 Å². The lowest BCUT2D eigenvalue weighted by Crippen LogP contribution is -2.28. The van der Waals surface area contributed by atoms with Crippen molar-refractivity contribution in [1.82, 2.24) is 5.32 Å². The first-order valence-corrected chi connectivity index (χ1v) is 7.73. The van der Waals surface area contributed by atoms with Crippen LogP contribution in [0.15, 0.2) is 42.5 Å². The minimum absolute atomic E-state index is 0.0385. The summed E-state index contributed by atoms with van der Waals surface area (Å²) < 4.78 is 5.33. The molecule has 1 amide bonds. The molecule has 0 aliphatic heterocycles. The van der Waals surface area contributed by atoms with Gasteiger partial charge in [-0.15, -0.1) is 0 Å². The molecule has 6 nitrogen and oxygen atoms in total. The summed E-state index contributed by atoms with van der Waals surface area (Å²) in [4.78, 5) is 22.7. The van der Waals surface area contributed by atoms with Crippen LogP contribution in [-0.4, -0.2) is 17.9 Å². The number of halogens is 1. The average Bonchev–Trinajstić information content (AvgIpc) is 2.59. The Hall–Kier alpha value is -2.60. The molecule has 0 aliphatic carbocycles. The van der Waals surface area contributed by atoms with Gasteiger partial charge in [-0.2, -0.15) is 0 Å². The summed E-state index contributed by atoms with van der Waals surface area (Å²) in [5.74, 6) is 0.284. The highest BCUT2D eigenvalue weighted by atomic mass is 35.5. The van der Waals surface area contributed by atoms with E-state index in [4.69, 9.17) is 16.3 Å². The van der Waals surface area contributed by atoms with E-state index < -0.39 is 10.8 Å². The third-order valence-electron chi connectivity index (χ3n) is 3.64. The van der Waals surface area contributed by atoms with Gasteiger partial charge in [-0.05, 0) is 18.6 Å². The van der Waals surface area contributed by atoms with E-state index in [1.807, 2.05) is 31.2 Å². The normalized spacial score (nSPS) is 11.6. The van der Waals surface area contributed by atoms with Crippen molar-refractivity contribution in [3.05, 3.63) is 68.7 Å². The van der Waals surface area contributed by atoms with Crippen LogP contribution in [0.4, 0.5) is 5.69 Å². The van der Waals surface area contributed by atoms with Crippen molar-refractivity contribution in [2.45, 2.75) is 19.4 Å². The Morgan fingerprint density at radius 3 is 2.62 bits per heavy atom. The number of carbonyl (C=O) groups excluding carboxylic acids is 1. The predicted molar refractivity (Wildman–Crippen MR) is 91.6 cm³/mol. The van der Waals surface area contributed by atoms with Gasteiger partial charge in [0.05, 0.1) is 28.7 Å². The standard InChI is InChI=1S/C17H17ClN2O4/c1-3-15(13-6-4-5-7-16(13)24-2)19-17(21)12-9-8-11(20(22)23)10-14(12)18/h4-10,15H,3H2,1-2H3,(H,19,21). The highest BCUT2D eigenvalue weighted by Gasteiger charge is 2.20. The maximum Gasteiger partial charge on any atom is 0.270 e. The van der Waals surface area contributed by atoms with E-state index in [0.29, 0.717) is 12.2 Å². The number of para-hydroxylation sites is 1. The number of rotatable bonds is 6. The second-order valence-electron chi connectivity index (χ2n) is 5.10. The Morgan fingerprint density at radius 1 is 1.33 bits per heavy atom. The summed E-state index contributed by atoms with van der Waals surface area (Å²) in [6.45, 7) is 1.94. The molecule has 2 aromatic carbocycles. The second-order valence-corrected chi connectivity index (χ2v) is 5.50. The van der Waals surface area contributed by atoms with Gasteiger partial charge in [-0.1, -0.05) is 36.7 Å². The largest absolute Gasteiger partial charge is 0.496 e. The molecule has 0 aromatic heterocycles. The van der Waals surface area contributed by atoms with E-state index in [1.54, 1.807) is 7.11 Å². The van der Waals surface area contributed by atoms with Crippen LogP contribution >= 0.6 is 11.6 Å². The van der Waals surface area contributed by atoms with Crippen molar-refractivity contribution in [3.8, 4) is 5.75 Å². The SMILES string of the molecule is CCC(NC(=O)c1ccc([N+](=O)[O-])cc1Cl)c1ccccc1OC. The molecule has 0 saturated heterocycles. The molecular formula is C17H17ClN2O4. The van der Waals surface area contributed by atoms with E-state index in [2.05, 4.69) is 5.32 Å². The lowest BCUT2D eigenvalue weighted by Gasteiger charge is -2.20. The van der Waals surface area contributed by atoms with E-state index in [1.165, 1.54) is 18.2 Å². The minimum Gasteiger partial charge on any atom is -0.496 e. The Labute approximate surface area is 144 Å². The van der Waals surface area contributed by atoms with Gasteiger partial charge in [0.15, 0.2) is 0 Å². The highest BCUT2D eigenvalue weighted by Crippen LogP contribution is 2.28. The third kappa shape index (κ3) is 3.83. The maximum absolute atomic E-state index is 12.5. The summed E-state index contributed by atoms with van der Waals surface area (Å²) in [5.41, 5.74) is 0.887. The van der Waals surface area contributed by atoms with Crippen molar-refractivity contribution in [1.29, 1.82) is 0 Å². The number of nitro groups is 1. The first-order valence-electron chi connectivity index (χ1n) is 7.35. The lowest BCUT2D eigenvalue weighted by molar-refractivity contribution is -0.384. The number of nitrogens with zero attached hydrogens (tertiary/aromatic N) is 1. The number of benzene rings is 2. The Morgan fingerprint density at radius 2 is 2.04 bits per heavy atom. The molecule has 0 aliphatic rings. The van der Waals surface area contributed by atoms with Crippen molar-refractivity contribution in [2.24, 2.45) is 0 Å². The van der Waals surface area contributed by atoms with Gasteiger partial charge in [0.2, 0.25) is 0 Å². The second kappa shape index (κ2) is 7.79. The summed E-state index contributed by atoms with van der Waals surface area (Å²) >= 11 is 6.01. The molecule has 0 radical (unpaired) electrons. The van der Waals surface area contributed by atoms with Crippen LogP contribution < -0.4 is 10.1 Å². The van der Waals surface area contributed by atoms with Crippen molar-refractivity contribution in [3.63, 3.8) is 0 Å². The van der Waals surface area contributed by atoms with Crippen LogP contribution in [0.5, 0.6) is 5.75 Å². The minimum atomic E-state index is -0.558. The third-order valence-corrected chi connectivity index (χ3v) is 3.95. The van der Waals surface area contributed by atoms with Gasteiger partial charge < -0.3 is 10.1 Å². The smallest absolute Gasteiger partial charge is 0.270 e. The summed E-state index contributed by atoms with van der Waals surface area (Å²) in [6, 6.07) is 10.9. The van der Waals surface area contributed by atoms with Gasteiger partial charge in [0, 0.05) is 17.7 Å². The predicted octanol–water partition coefficient (Wildman–Crippen LogP) is 4.14. The number of nitrogens with one attached hydrogen (secondary N) is 1. The molecule has 2 rings (SSSR count). The number of nitro benzene ring substituents is 1. The first kappa shape index (κ1) is 17.7. The Balaban J connectivity index is 2.25. The quantitative estimate of drug-likeness (QED) is 0.628. The maximum atomic E-state index is 12.5. The number of carbonyl (C=O) groups is 1. The molecule has 1 atom stereocenters. The molecule has 1 N–H and O–H groups in total. The van der Waals surface area contributed by atoms with E-state index >= 15 is 0 Å². The van der Waals surface area contributed by atoms with E-state index in [9.17, 15) is 14.9 Å². The fourth-order valence-electron chi connectivity index (χ4n) is 2.39. The van der Waals surface area contributed by atoms with Crippen LogP contribution in [0, 0.1) is 10.1 Å². The molecule has 2 aromatic rings. The number of ether oxygens (including phenoxy) is 1. The van der Waals surface area contributed by atoms with Gasteiger partial charge in [-0.3, -0.25) is 14.9 Å². The molecule has 0 fully saturated rings. The number of hydrogen-bond acceptors (Lipinski definition) is 4. The average molecular weight is 349 g/mol. The fourth-order valence-corrected chi connectivity index (χ4v) is 2.65. The zero-order chi connectivity index (χ0) is 17.7. The highest BCUT2D eigenvalue weighted by molar-refractivity contribution is 6.34. The summed E-state index contributed by atoms with van der Waals surface area (Å²) in [7, 11) is 1.57. The van der Waals surface area contributed by atoms with Crippen molar-refractivity contribution < 1.29 is 14.5 Å². The molecule has 0 saturated carbocycles. The molecule has 24 heavy (non-hydrogen) atoms. The van der Waals surface area contributed by atoms with Crippen LogP contribution in [0.1, 0.15) is 35.3 Å². The van der Waals surface area contributed by atoms with Gasteiger partial charge in [0.1, 0.15) is 5.75 Å². The number of amides is 1. The molecular weight excluding hydrogens is 332 g/mol. The topological polar surface area (TPSA) is 81.5 Å². The molecule has 7 heteroatoms. The Kier molecular flexibility index (Phi) is 5.76. The lowest BCUT2D eigenvalue weighted by atomic mass is 10.0. The van der Waals surface area contributed by atoms with Gasteiger partial charge >= 0.3 is 0 Å². The van der Waals surface area contributed by atoms with E-state index in [-0.39, 0.29) is 22.3 Å². The number of hydrogen-bond donors (Lipinski definition) is 1. The summed E-state index contributed by atoms with van der Waals surface area (Å²) in [5, 5.41) is 13.7. The summed E-state index contributed by atoms with van der Waals surface area (Å²) in [6.07, 6.45) is 0.650. The zero-order valence-electron chi connectivity index (χ0n) is 13.3. The number of methoxy groups -OCH3 is 1. The van der Waals surface area contributed by atoms with Crippen LogP contribution in [-0.2, 0) is 0 Å². The van der Waals surface area contributed by atoms with Crippen molar-refractivity contribution >= 4 is 23.2 Å². The Bertz CT molecular complexity index is 764. The molecule has 0 spiro atoms. The molecule has 0 bridgehead atoms. The van der Waals surface area contributed by atoms with Crippen molar-refractivity contribution in [2.75, 3.05) is 7.11 Å². The fraction of sp³-hybridized carbons (Fsp3) is 0.235. The molecule has 126 valence electrons. The molecule has 0 heterocycles. The monoisotopic (exact) mass is 348 g/mol. The number of non-ortho nitro benzene ring substituents is 1. The van der Waals surface area contributed by atoms with Crippen LogP contribution in [0.3, 0.4) is 0 Å². The van der Waals surface area contributed by atoms with E-state index in [0.717, 1.165) is 5.56 Å². The molecule has 1 unspecified atom stereocenters.